The lowest BCUT2D eigenvalue weighted by Gasteiger charge is -2.36. The van der Waals surface area contributed by atoms with Gasteiger partial charge in [-0.3, -0.25) is 14.5 Å². The number of hydrogen-bond donors (Lipinski definition) is 2. The van der Waals surface area contributed by atoms with Gasteiger partial charge in [0.2, 0.25) is 11.8 Å². The lowest BCUT2D eigenvalue weighted by atomic mass is 10.0. The van der Waals surface area contributed by atoms with Crippen molar-refractivity contribution in [1.29, 1.82) is 0 Å². The fraction of sp³-hybridized carbons (Fsp3) is 0.571. The van der Waals surface area contributed by atoms with Gasteiger partial charge in [0.1, 0.15) is 6.04 Å². The van der Waals surface area contributed by atoms with E-state index in [1.165, 1.54) is 6.92 Å². The van der Waals surface area contributed by atoms with Crippen LogP contribution in [0.3, 0.4) is 0 Å². The molecule has 1 heterocycles. The van der Waals surface area contributed by atoms with Crippen molar-refractivity contribution in [1.82, 2.24) is 4.90 Å². The molecule has 2 atom stereocenters. The maximum absolute atomic E-state index is 11.2. The minimum atomic E-state index is -1.17. The Kier molecular flexibility index (Phi) is 2.33. The van der Waals surface area contributed by atoms with Crippen molar-refractivity contribution in [2.75, 3.05) is 0 Å². The summed E-state index contributed by atoms with van der Waals surface area (Å²) in [5.41, 5.74) is 5.23. The SMILES string of the molecule is C[C@H](N)C(=O)N1C(=O)C[C@H]1C(=O)O. The van der Waals surface area contributed by atoms with E-state index in [2.05, 4.69) is 0 Å². The van der Waals surface area contributed by atoms with Crippen molar-refractivity contribution in [3.63, 3.8) is 0 Å². The molecule has 13 heavy (non-hydrogen) atoms. The summed E-state index contributed by atoms with van der Waals surface area (Å²) in [5.74, 6) is -2.29. The molecule has 0 aromatic rings. The number of carboxylic acids is 1. The van der Waals surface area contributed by atoms with E-state index in [1.54, 1.807) is 0 Å². The Balaban J connectivity index is 2.73. The number of imide groups is 1. The Morgan fingerprint density at radius 2 is 2.23 bits per heavy atom. The fourth-order valence-electron chi connectivity index (χ4n) is 1.11. The highest BCUT2D eigenvalue weighted by molar-refractivity contribution is 6.07. The van der Waals surface area contributed by atoms with Crippen molar-refractivity contribution in [2.45, 2.75) is 25.4 Å². The maximum Gasteiger partial charge on any atom is 0.327 e. The van der Waals surface area contributed by atoms with Gasteiger partial charge in [0.15, 0.2) is 0 Å². The molecule has 0 bridgehead atoms. The predicted octanol–water partition coefficient (Wildman–Crippen LogP) is -1.45. The quantitative estimate of drug-likeness (QED) is 0.513. The molecule has 1 aliphatic rings. The summed E-state index contributed by atoms with van der Waals surface area (Å²) in [4.78, 5) is 33.2. The molecule has 2 amide bonds. The van der Waals surface area contributed by atoms with Gasteiger partial charge >= 0.3 is 5.97 Å². The number of rotatable bonds is 2. The van der Waals surface area contributed by atoms with Crippen LogP contribution in [-0.4, -0.2) is 39.9 Å². The first-order chi connectivity index (χ1) is 5.95. The first-order valence-electron chi connectivity index (χ1n) is 3.79. The molecule has 1 saturated heterocycles. The molecule has 3 N–H and O–H groups in total. The minimum absolute atomic E-state index is 0.117. The van der Waals surface area contributed by atoms with Crippen LogP contribution in [0.25, 0.3) is 0 Å². The summed E-state index contributed by atoms with van der Waals surface area (Å²) in [5, 5.41) is 8.57. The Hall–Kier alpha value is -1.43. The van der Waals surface area contributed by atoms with E-state index in [1.807, 2.05) is 0 Å². The van der Waals surface area contributed by atoms with Crippen LogP contribution < -0.4 is 5.73 Å². The van der Waals surface area contributed by atoms with Gasteiger partial charge in [-0.15, -0.1) is 0 Å². The zero-order valence-corrected chi connectivity index (χ0v) is 7.06. The normalized spacial score (nSPS) is 23.7. The largest absolute Gasteiger partial charge is 0.480 e. The summed E-state index contributed by atoms with van der Waals surface area (Å²) < 4.78 is 0. The van der Waals surface area contributed by atoms with E-state index < -0.39 is 29.9 Å². The highest BCUT2D eigenvalue weighted by Gasteiger charge is 2.45. The summed E-state index contributed by atoms with van der Waals surface area (Å²) >= 11 is 0. The minimum Gasteiger partial charge on any atom is -0.480 e. The number of amides is 2. The van der Waals surface area contributed by atoms with Crippen LogP contribution in [0, 0.1) is 0 Å². The average molecular weight is 186 g/mol. The van der Waals surface area contributed by atoms with E-state index in [9.17, 15) is 14.4 Å². The second-order valence-electron chi connectivity index (χ2n) is 2.95. The molecule has 6 nitrogen and oxygen atoms in total. The highest BCUT2D eigenvalue weighted by atomic mass is 16.4. The van der Waals surface area contributed by atoms with Gasteiger partial charge in [-0.05, 0) is 6.92 Å². The molecule has 0 saturated carbocycles. The molecule has 1 aliphatic heterocycles. The molecule has 0 spiro atoms. The first kappa shape index (κ1) is 9.66. The number of carboxylic acid groups (broad SMARTS) is 1. The maximum atomic E-state index is 11.2. The van der Waals surface area contributed by atoms with E-state index >= 15 is 0 Å². The van der Waals surface area contributed by atoms with Crippen molar-refractivity contribution in [2.24, 2.45) is 5.73 Å². The number of hydrogen-bond acceptors (Lipinski definition) is 4. The Bertz CT molecular complexity index is 274. The van der Waals surface area contributed by atoms with Gasteiger partial charge in [-0.25, -0.2) is 4.79 Å². The monoisotopic (exact) mass is 186 g/mol. The molecule has 0 aliphatic carbocycles. The molecule has 1 rings (SSSR count). The van der Waals surface area contributed by atoms with Crippen LogP contribution in [0.1, 0.15) is 13.3 Å². The number of nitrogens with zero attached hydrogens (tertiary/aromatic N) is 1. The zero-order valence-electron chi connectivity index (χ0n) is 7.06. The van der Waals surface area contributed by atoms with Gasteiger partial charge in [0, 0.05) is 0 Å². The smallest absolute Gasteiger partial charge is 0.327 e. The molecule has 0 aromatic carbocycles. The van der Waals surface area contributed by atoms with E-state index in [-0.39, 0.29) is 6.42 Å². The summed E-state index contributed by atoms with van der Waals surface area (Å²) in [6.07, 6.45) is -0.117. The number of aliphatic carboxylic acids is 1. The van der Waals surface area contributed by atoms with Crippen molar-refractivity contribution < 1.29 is 19.5 Å². The molecular weight excluding hydrogens is 176 g/mol. The van der Waals surface area contributed by atoms with Gasteiger partial charge < -0.3 is 10.8 Å². The van der Waals surface area contributed by atoms with Gasteiger partial charge in [-0.1, -0.05) is 0 Å². The van der Waals surface area contributed by atoms with Crippen molar-refractivity contribution in [3.05, 3.63) is 0 Å². The average Bonchev–Trinajstić information content (AvgIpc) is 1.99. The topological polar surface area (TPSA) is 101 Å². The lowest BCUT2D eigenvalue weighted by molar-refractivity contribution is -0.169. The number of likely N-dealkylation sites (tertiary alicyclic amines) is 1. The van der Waals surface area contributed by atoms with Gasteiger partial charge in [-0.2, -0.15) is 0 Å². The van der Waals surface area contributed by atoms with E-state index in [0.717, 1.165) is 0 Å². The van der Waals surface area contributed by atoms with Crippen LogP contribution in [-0.2, 0) is 14.4 Å². The van der Waals surface area contributed by atoms with E-state index in [0.29, 0.717) is 4.90 Å². The van der Waals surface area contributed by atoms with Crippen LogP contribution in [0.4, 0.5) is 0 Å². The van der Waals surface area contributed by atoms with E-state index in [4.69, 9.17) is 10.8 Å². The van der Waals surface area contributed by atoms with Gasteiger partial charge in [0.25, 0.3) is 0 Å². The molecule has 0 unspecified atom stereocenters. The summed E-state index contributed by atoms with van der Waals surface area (Å²) in [6.45, 7) is 1.41. The molecule has 1 fully saturated rings. The van der Waals surface area contributed by atoms with Crippen molar-refractivity contribution >= 4 is 17.8 Å². The van der Waals surface area contributed by atoms with Crippen LogP contribution in [0.2, 0.25) is 0 Å². The third-order valence-corrected chi connectivity index (χ3v) is 1.86. The second kappa shape index (κ2) is 3.14. The molecule has 0 radical (unpaired) electrons. The number of carbonyl (C=O) groups excluding carboxylic acids is 2. The van der Waals surface area contributed by atoms with Crippen LogP contribution in [0.15, 0.2) is 0 Å². The van der Waals surface area contributed by atoms with Crippen molar-refractivity contribution in [3.8, 4) is 0 Å². The third kappa shape index (κ3) is 1.52. The molecular formula is C7H10N2O4. The van der Waals surface area contributed by atoms with Gasteiger partial charge in [0.05, 0.1) is 12.5 Å². The Morgan fingerprint density at radius 3 is 2.54 bits per heavy atom. The fourth-order valence-corrected chi connectivity index (χ4v) is 1.11. The second-order valence-corrected chi connectivity index (χ2v) is 2.95. The third-order valence-electron chi connectivity index (χ3n) is 1.86. The first-order valence-corrected chi connectivity index (χ1v) is 3.79. The number of nitrogens with two attached hydrogens (primary N) is 1. The number of carbonyl (C=O) groups is 3. The summed E-state index contributed by atoms with van der Waals surface area (Å²) in [6, 6.07) is -1.86. The summed E-state index contributed by atoms with van der Waals surface area (Å²) in [7, 11) is 0. The molecule has 0 aromatic heterocycles. The highest BCUT2D eigenvalue weighted by Crippen LogP contribution is 2.19. The Morgan fingerprint density at radius 1 is 1.69 bits per heavy atom. The molecule has 6 heteroatoms. The zero-order chi connectivity index (χ0) is 10.2. The predicted molar refractivity (Wildman–Crippen MR) is 41.5 cm³/mol. The lowest BCUT2D eigenvalue weighted by Crippen LogP contribution is -2.62. The van der Waals surface area contributed by atoms with Crippen LogP contribution in [0.5, 0.6) is 0 Å². The van der Waals surface area contributed by atoms with Crippen LogP contribution >= 0.6 is 0 Å². The number of β-lactam (4-membered cyclic amide) rings is 1. The molecule has 72 valence electrons. The standard InChI is InChI=1S/C7H10N2O4/c1-3(8)6(11)9-4(7(12)13)2-5(9)10/h3-4H,2,8H2,1H3,(H,12,13)/t3-,4-/m0/s1. The Labute approximate surface area is 74.3 Å².